The smallest absolute Gasteiger partial charge is 0.312 e. The molecule has 10 heteroatoms. The first-order valence-corrected chi connectivity index (χ1v) is 7.76. The Morgan fingerprint density at radius 2 is 2.08 bits per heavy atom. The molecule has 0 unspecified atom stereocenters. The Kier molecular flexibility index (Phi) is 5.23. The number of carbonyl (C=O) groups excluding carboxylic acids is 1. The molecular formula is C14H19ClN6O3. The van der Waals surface area contributed by atoms with E-state index >= 15 is 0 Å². The van der Waals surface area contributed by atoms with Crippen LogP contribution in [-0.2, 0) is 24.4 Å². The summed E-state index contributed by atoms with van der Waals surface area (Å²) < 4.78 is 3.07. The van der Waals surface area contributed by atoms with Crippen LogP contribution in [0.4, 0.5) is 5.69 Å². The quantitative estimate of drug-likeness (QED) is 0.583. The molecule has 0 radical (unpaired) electrons. The molecule has 2 aromatic heterocycles. The maximum atomic E-state index is 12.4. The molecule has 0 aromatic carbocycles. The van der Waals surface area contributed by atoms with Gasteiger partial charge in [0.2, 0.25) is 5.91 Å². The van der Waals surface area contributed by atoms with E-state index in [1.165, 1.54) is 9.58 Å². The number of hydrogen-bond acceptors (Lipinski definition) is 5. The maximum Gasteiger partial charge on any atom is 0.312 e. The van der Waals surface area contributed by atoms with Gasteiger partial charge in [0.1, 0.15) is 17.9 Å². The molecule has 0 fully saturated rings. The summed E-state index contributed by atoms with van der Waals surface area (Å²) >= 11 is 6.10. The Morgan fingerprint density at radius 3 is 2.62 bits per heavy atom. The molecule has 0 atom stereocenters. The van der Waals surface area contributed by atoms with Gasteiger partial charge in [-0.2, -0.15) is 10.2 Å². The van der Waals surface area contributed by atoms with Gasteiger partial charge in [-0.1, -0.05) is 11.6 Å². The first kappa shape index (κ1) is 17.9. The van der Waals surface area contributed by atoms with Crippen LogP contribution in [0, 0.1) is 24.0 Å². The summed E-state index contributed by atoms with van der Waals surface area (Å²) in [6.45, 7) is 5.93. The highest BCUT2D eigenvalue weighted by atomic mass is 35.5. The summed E-state index contributed by atoms with van der Waals surface area (Å²) in [5.41, 5.74) is 1.34. The molecular weight excluding hydrogens is 336 g/mol. The SMILES string of the molecule is CCn1ncc(Cl)c1CN(C)C(=O)Cn1nc(C)c([N+](=O)[O-])c1C. The molecule has 0 bridgehead atoms. The summed E-state index contributed by atoms with van der Waals surface area (Å²) in [6, 6.07) is 0. The number of nitrogens with zero attached hydrogens (tertiary/aromatic N) is 6. The second-order valence-electron chi connectivity index (χ2n) is 5.44. The fourth-order valence-electron chi connectivity index (χ4n) is 2.48. The zero-order valence-corrected chi connectivity index (χ0v) is 14.7. The predicted molar refractivity (Wildman–Crippen MR) is 87.7 cm³/mol. The third kappa shape index (κ3) is 3.40. The van der Waals surface area contributed by atoms with E-state index in [1.807, 2.05) is 6.92 Å². The maximum absolute atomic E-state index is 12.4. The molecule has 2 rings (SSSR count). The van der Waals surface area contributed by atoms with Crippen molar-refractivity contribution in [1.29, 1.82) is 0 Å². The molecule has 0 aliphatic carbocycles. The van der Waals surface area contributed by atoms with Crippen molar-refractivity contribution in [2.45, 2.75) is 40.4 Å². The van der Waals surface area contributed by atoms with E-state index in [4.69, 9.17) is 11.6 Å². The summed E-state index contributed by atoms with van der Waals surface area (Å²) in [5.74, 6) is -0.226. The zero-order valence-electron chi connectivity index (χ0n) is 14.0. The van der Waals surface area contributed by atoms with Gasteiger partial charge in [0.25, 0.3) is 0 Å². The Bertz CT molecular complexity index is 782. The van der Waals surface area contributed by atoms with E-state index in [0.717, 1.165) is 5.69 Å². The molecule has 0 saturated carbocycles. The number of hydrogen-bond donors (Lipinski definition) is 0. The van der Waals surface area contributed by atoms with Gasteiger partial charge in [-0.3, -0.25) is 24.3 Å². The van der Waals surface area contributed by atoms with Gasteiger partial charge in [-0.05, 0) is 20.8 Å². The van der Waals surface area contributed by atoms with E-state index in [2.05, 4.69) is 10.2 Å². The molecule has 0 N–H and O–H groups in total. The third-order valence-corrected chi connectivity index (χ3v) is 4.14. The van der Waals surface area contributed by atoms with E-state index in [9.17, 15) is 14.9 Å². The molecule has 2 heterocycles. The lowest BCUT2D eigenvalue weighted by atomic mass is 10.3. The third-order valence-electron chi connectivity index (χ3n) is 3.82. The van der Waals surface area contributed by atoms with Crippen LogP contribution in [0.25, 0.3) is 0 Å². The number of likely N-dealkylation sites (N-methyl/N-ethyl adjacent to an activating group) is 1. The van der Waals surface area contributed by atoms with Crippen molar-refractivity contribution in [2.24, 2.45) is 0 Å². The van der Waals surface area contributed by atoms with Crippen molar-refractivity contribution in [3.63, 3.8) is 0 Å². The summed E-state index contributed by atoms with van der Waals surface area (Å²) in [6.07, 6.45) is 1.54. The number of nitro groups is 1. The topological polar surface area (TPSA) is 99.1 Å². The Morgan fingerprint density at radius 1 is 1.42 bits per heavy atom. The number of aryl methyl sites for hydroxylation is 2. The fraction of sp³-hybridized carbons (Fsp3) is 0.500. The number of halogens is 1. The number of amides is 1. The van der Waals surface area contributed by atoms with Gasteiger partial charge in [-0.15, -0.1) is 0 Å². The van der Waals surface area contributed by atoms with Gasteiger partial charge in [-0.25, -0.2) is 0 Å². The largest absolute Gasteiger partial charge is 0.338 e. The number of rotatable bonds is 6. The van der Waals surface area contributed by atoms with Crippen molar-refractivity contribution in [2.75, 3.05) is 7.05 Å². The number of aromatic nitrogens is 4. The van der Waals surface area contributed by atoms with E-state index in [1.54, 1.807) is 31.8 Å². The van der Waals surface area contributed by atoms with E-state index < -0.39 is 4.92 Å². The minimum atomic E-state index is -0.484. The second-order valence-corrected chi connectivity index (χ2v) is 5.85. The minimum absolute atomic E-state index is 0.0578. The van der Waals surface area contributed by atoms with Gasteiger partial charge >= 0.3 is 5.69 Å². The summed E-state index contributed by atoms with van der Waals surface area (Å²) in [7, 11) is 1.64. The van der Waals surface area contributed by atoms with Crippen molar-refractivity contribution in [3.8, 4) is 0 Å². The monoisotopic (exact) mass is 354 g/mol. The normalized spacial score (nSPS) is 10.9. The van der Waals surface area contributed by atoms with Crippen LogP contribution in [0.3, 0.4) is 0 Å². The highest BCUT2D eigenvalue weighted by Gasteiger charge is 2.24. The average molecular weight is 355 g/mol. The van der Waals surface area contributed by atoms with Crippen LogP contribution in [-0.4, -0.2) is 42.3 Å². The predicted octanol–water partition coefficient (Wildman–Crippen LogP) is 1.94. The molecule has 0 aliphatic heterocycles. The van der Waals surface area contributed by atoms with E-state index in [-0.39, 0.29) is 18.1 Å². The van der Waals surface area contributed by atoms with Gasteiger partial charge in [0.15, 0.2) is 0 Å². The van der Waals surface area contributed by atoms with Crippen LogP contribution in [0.2, 0.25) is 5.02 Å². The lowest BCUT2D eigenvalue weighted by molar-refractivity contribution is -0.386. The Balaban J connectivity index is 2.14. The number of carbonyl (C=O) groups is 1. The molecule has 0 spiro atoms. The van der Waals surface area contributed by atoms with Crippen molar-refractivity contribution in [1.82, 2.24) is 24.5 Å². The standard InChI is InChI=1S/C14H19ClN6O3/c1-5-19-12(11(15)6-16-19)7-18(4)13(22)8-20-10(3)14(21(23)24)9(2)17-20/h6H,5,7-8H2,1-4H3. The highest BCUT2D eigenvalue weighted by Crippen LogP contribution is 2.22. The lowest BCUT2D eigenvalue weighted by Gasteiger charge is -2.18. The molecule has 24 heavy (non-hydrogen) atoms. The molecule has 0 aliphatic rings. The van der Waals surface area contributed by atoms with Crippen LogP contribution >= 0.6 is 11.6 Å². The highest BCUT2D eigenvalue weighted by molar-refractivity contribution is 6.31. The molecule has 1 amide bonds. The summed E-state index contributed by atoms with van der Waals surface area (Å²) in [4.78, 5) is 24.5. The Hall–Kier alpha value is -2.42. The molecule has 0 saturated heterocycles. The first-order chi connectivity index (χ1) is 11.3. The zero-order chi connectivity index (χ0) is 18.0. The van der Waals surface area contributed by atoms with Crippen molar-refractivity contribution in [3.05, 3.63) is 38.4 Å². The van der Waals surface area contributed by atoms with Crippen molar-refractivity contribution < 1.29 is 9.72 Å². The molecule has 9 nitrogen and oxygen atoms in total. The van der Waals surface area contributed by atoms with Crippen LogP contribution in [0.15, 0.2) is 6.20 Å². The first-order valence-electron chi connectivity index (χ1n) is 7.38. The fourth-order valence-corrected chi connectivity index (χ4v) is 2.69. The van der Waals surface area contributed by atoms with Crippen LogP contribution < -0.4 is 0 Å². The van der Waals surface area contributed by atoms with Crippen LogP contribution in [0.5, 0.6) is 0 Å². The van der Waals surface area contributed by atoms with Gasteiger partial charge in [0, 0.05) is 13.6 Å². The average Bonchev–Trinajstić information content (AvgIpc) is 2.99. The molecule has 2 aromatic rings. The summed E-state index contributed by atoms with van der Waals surface area (Å²) in [5, 5.41) is 19.7. The second kappa shape index (κ2) is 7.00. The van der Waals surface area contributed by atoms with Crippen LogP contribution in [0.1, 0.15) is 24.0 Å². The minimum Gasteiger partial charge on any atom is -0.338 e. The van der Waals surface area contributed by atoms with Gasteiger partial charge in [0.05, 0.1) is 28.4 Å². The molecule has 130 valence electrons. The van der Waals surface area contributed by atoms with Gasteiger partial charge < -0.3 is 4.90 Å². The van der Waals surface area contributed by atoms with E-state index in [0.29, 0.717) is 29.5 Å². The Labute approximate surface area is 144 Å². The van der Waals surface area contributed by atoms with Crippen molar-refractivity contribution >= 4 is 23.2 Å². The lowest BCUT2D eigenvalue weighted by Crippen LogP contribution is -2.31.